The summed E-state index contributed by atoms with van der Waals surface area (Å²) < 4.78 is 47.5. The zero-order chi connectivity index (χ0) is 22.7. The van der Waals surface area contributed by atoms with Crippen LogP contribution in [0.1, 0.15) is 28.9 Å². The number of fused-ring (bicyclic) bond motifs is 4. The predicted molar refractivity (Wildman–Crippen MR) is 115 cm³/mol. The number of benzene rings is 1. The van der Waals surface area contributed by atoms with Gasteiger partial charge < -0.3 is 20.3 Å². The van der Waals surface area contributed by atoms with Crippen LogP contribution in [-0.2, 0) is 6.42 Å². The molecule has 6 heterocycles. The number of piperidine rings is 1. The Morgan fingerprint density at radius 2 is 2.03 bits per heavy atom. The average molecular weight is 457 g/mol. The minimum atomic E-state index is -2.70. The van der Waals surface area contributed by atoms with Crippen LogP contribution in [0.4, 0.5) is 18.9 Å². The number of carbonyl (C=O) groups excluding carboxylic acids is 1. The smallest absolute Gasteiger partial charge is 0.320 e. The van der Waals surface area contributed by atoms with Gasteiger partial charge in [-0.25, -0.2) is 9.37 Å². The number of halogens is 3. The van der Waals surface area contributed by atoms with E-state index in [1.54, 1.807) is 6.07 Å². The summed E-state index contributed by atoms with van der Waals surface area (Å²) in [6.45, 7) is -0.880. The van der Waals surface area contributed by atoms with Gasteiger partial charge in [-0.3, -0.25) is 9.36 Å². The zero-order valence-corrected chi connectivity index (χ0v) is 17.6. The van der Waals surface area contributed by atoms with Gasteiger partial charge in [-0.2, -0.15) is 8.78 Å². The number of ether oxygens (including phenoxy) is 1. The monoisotopic (exact) mass is 457 g/mol. The molecule has 0 radical (unpaired) electrons. The molecule has 7 nitrogen and oxygen atoms in total. The van der Waals surface area contributed by atoms with Crippen LogP contribution in [-0.4, -0.2) is 53.3 Å². The molecule has 172 valence electrons. The molecule has 2 N–H and O–H groups in total. The van der Waals surface area contributed by atoms with Gasteiger partial charge in [0.2, 0.25) is 0 Å². The molecule has 0 spiro atoms. The lowest BCUT2D eigenvalue weighted by molar-refractivity contribution is 0.0746. The standard InChI is InChI=1S/C23H22F3N5O2/c24-18-5-13-4-17(11-33-20(13)7-19(18)30-9-15-6-16(10-30)28-15)29-22(32)14-3-12-1-2-31(23(25)26)21(12)27-8-14/h1-3,5,7-8,15-17,23,28H,4,6,9-11H2,(H,29,32). The van der Waals surface area contributed by atoms with Crippen molar-refractivity contribution in [2.75, 3.05) is 24.6 Å². The van der Waals surface area contributed by atoms with Crippen LogP contribution in [0, 0.1) is 5.82 Å². The quantitative estimate of drug-likeness (QED) is 0.631. The second-order valence-electron chi connectivity index (χ2n) is 8.94. The Balaban J connectivity index is 1.15. The van der Waals surface area contributed by atoms with Crippen LogP contribution in [0.3, 0.4) is 0 Å². The van der Waals surface area contributed by atoms with E-state index < -0.39 is 6.55 Å². The highest BCUT2D eigenvalue weighted by molar-refractivity contribution is 5.97. The third-order valence-corrected chi connectivity index (χ3v) is 6.66. The predicted octanol–water partition coefficient (Wildman–Crippen LogP) is 2.85. The van der Waals surface area contributed by atoms with Gasteiger partial charge >= 0.3 is 6.55 Å². The lowest BCUT2D eigenvalue weighted by atomic mass is 9.90. The maximum Gasteiger partial charge on any atom is 0.320 e. The Labute approximate surface area is 187 Å². The molecular formula is C23H22F3N5O2. The number of nitrogens with zero attached hydrogens (tertiary/aromatic N) is 3. The molecule has 3 fully saturated rings. The SMILES string of the molecule is O=C(NC1COc2cc(N3CC4CC(C3)N4)c(F)cc2C1)c1cnc2c(ccn2C(F)F)c1. The highest BCUT2D eigenvalue weighted by Crippen LogP contribution is 2.35. The van der Waals surface area contributed by atoms with Gasteiger partial charge in [0.15, 0.2) is 0 Å². The summed E-state index contributed by atoms with van der Waals surface area (Å²) in [5.74, 6) is -0.0345. The van der Waals surface area contributed by atoms with E-state index in [9.17, 15) is 18.0 Å². The average Bonchev–Trinajstić information content (AvgIpc) is 3.22. The van der Waals surface area contributed by atoms with Crippen molar-refractivity contribution in [3.8, 4) is 5.75 Å². The fourth-order valence-electron chi connectivity index (χ4n) is 5.03. The highest BCUT2D eigenvalue weighted by atomic mass is 19.3. The van der Waals surface area contributed by atoms with Gasteiger partial charge in [-0.15, -0.1) is 0 Å². The first kappa shape index (κ1) is 20.3. The molecule has 0 saturated carbocycles. The van der Waals surface area contributed by atoms with Gasteiger partial charge in [0.1, 0.15) is 23.8 Å². The first-order valence-electron chi connectivity index (χ1n) is 11.0. The molecule has 2 bridgehead atoms. The van der Waals surface area contributed by atoms with Crippen molar-refractivity contribution in [2.45, 2.75) is 37.5 Å². The number of hydrogen-bond acceptors (Lipinski definition) is 5. The van der Waals surface area contributed by atoms with Gasteiger partial charge in [0.25, 0.3) is 5.91 Å². The summed E-state index contributed by atoms with van der Waals surface area (Å²) in [4.78, 5) is 18.8. The third-order valence-electron chi connectivity index (χ3n) is 6.66. The molecule has 10 heteroatoms. The molecule has 1 aromatic carbocycles. The van der Waals surface area contributed by atoms with Crippen molar-refractivity contribution < 1.29 is 22.7 Å². The van der Waals surface area contributed by atoms with Crippen LogP contribution in [0.25, 0.3) is 11.0 Å². The molecule has 3 unspecified atom stereocenters. The van der Waals surface area contributed by atoms with E-state index in [1.165, 1.54) is 30.6 Å². The van der Waals surface area contributed by atoms with E-state index in [0.29, 0.717) is 40.9 Å². The molecule has 3 saturated heterocycles. The van der Waals surface area contributed by atoms with E-state index >= 15 is 0 Å². The van der Waals surface area contributed by atoms with Crippen LogP contribution < -0.4 is 20.3 Å². The minimum absolute atomic E-state index is 0.115. The summed E-state index contributed by atoms with van der Waals surface area (Å²) in [5.41, 5.74) is 1.64. The number of hydrogen-bond donors (Lipinski definition) is 2. The maximum atomic E-state index is 14.9. The summed E-state index contributed by atoms with van der Waals surface area (Å²) in [6.07, 6.45) is 4.09. The Morgan fingerprint density at radius 1 is 1.24 bits per heavy atom. The Morgan fingerprint density at radius 3 is 2.79 bits per heavy atom. The summed E-state index contributed by atoms with van der Waals surface area (Å²) >= 11 is 0. The topological polar surface area (TPSA) is 71.4 Å². The fourth-order valence-corrected chi connectivity index (χ4v) is 5.03. The van der Waals surface area contributed by atoms with Crippen molar-refractivity contribution in [1.29, 1.82) is 0 Å². The zero-order valence-electron chi connectivity index (χ0n) is 17.6. The molecule has 3 aromatic rings. The minimum Gasteiger partial charge on any atom is -0.491 e. The molecule has 4 aliphatic rings. The van der Waals surface area contributed by atoms with Crippen LogP contribution >= 0.6 is 0 Å². The number of anilines is 1. The molecule has 0 aliphatic carbocycles. The first-order chi connectivity index (χ1) is 15.9. The number of nitrogens with one attached hydrogen (secondary N) is 2. The number of pyridine rings is 1. The lowest BCUT2D eigenvalue weighted by Crippen LogP contribution is -2.67. The summed E-state index contributed by atoms with van der Waals surface area (Å²) in [6, 6.07) is 6.77. The molecule has 33 heavy (non-hydrogen) atoms. The number of carbonyl (C=O) groups is 1. The van der Waals surface area contributed by atoms with Crippen LogP contribution in [0.15, 0.2) is 36.7 Å². The normalized spacial score (nSPS) is 23.8. The number of alkyl halides is 2. The van der Waals surface area contributed by atoms with E-state index in [0.717, 1.165) is 24.1 Å². The van der Waals surface area contributed by atoms with Crippen molar-refractivity contribution >= 4 is 22.6 Å². The Kier molecular flexibility index (Phi) is 4.72. The number of aromatic nitrogens is 2. The Hall–Kier alpha value is -3.27. The van der Waals surface area contributed by atoms with Gasteiger partial charge in [0, 0.05) is 49.0 Å². The molecular weight excluding hydrogens is 435 g/mol. The van der Waals surface area contributed by atoms with E-state index in [-0.39, 0.29) is 35.6 Å². The van der Waals surface area contributed by atoms with Crippen molar-refractivity contribution in [3.05, 3.63) is 53.6 Å². The highest BCUT2D eigenvalue weighted by Gasteiger charge is 2.37. The van der Waals surface area contributed by atoms with Crippen LogP contribution in [0.5, 0.6) is 5.75 Å². The van der Waals surface area contributed by atoms with Gasteiger partial charge in [-0.1, -0.05) is 0 Å². The van der Waals surface area contributed by atoms with E-state index in [4.69, 9.17) is 4.74 Å². The number of amides is 1. The largest absolute Gasteiger partial charge is 0.491 e. The number of rotatable bonds is 4. The van der Waals surface area contributed by atoms with E-state index in [1.807, 2.05) is 0 Å². The van der Waals surface area contributed by atoms with Gasteiger partial charge in [0.05, 0.1) is 17.3 Å². The number of piperazine rings is 1. The van der Waals surface area contributed by atoms with Crippen molar-refractivity contribution in [1.82, 2.24) is 20.2 Å². The second-order valence-corrected chi connectivity index (χ2v) is 8.94. The van der Waals surface area contributed by atoms with E-state index in [2.05, 4.69) is 20.5 Å². The molecule has 2 aromatic heterocycles. The molecule has 7 rings (SSSR count). The van der Waals surface area contributed by atoms with Gasteiger partial charge in [-0.05, 0) is 36.6 Å². The summed E-state index contributed by atoms with van der Waals surface area (Å²) in [5, 5.41) is 6.77. The summed E-state index contributed by atoms with van der Waals surface area (Å²) in [7, 11) is 0. The van der Waals surface area contributed by atoms with Crippen LogP contribution in [0.2, 0.25) is 0 Å². The molecule has 1 amide bonds. The van der Waals surface area contributed by atoms with Crippen molar-refractivity contribution in [2.24, 2.45) is 0 Å². The molecule has 3 atom stereocenters. The third kappa shape index (κ3) is 3.58. The van der Waals surface area contributed by atoms with Crippen molar-refractivity contribution in [3.63, 3.8) is 0 Å². The molecule has 4 aliphatic heterocycles. The Bertz CT molecular complexity index is 1230. The maximum absolute atomic E-state index is 14.9. The first-order valence-corrected chi connectivity index (χ1v) is 11.0. The fraction of sp³-hybridized carbons (Fsp3) is 0.391. The second kappa shape index (κ2) is 7.65. The lowest BCUT2D eigenvalue weighted by Gasteiger charge is -2.49.